The highest BCUT2D eigenvalue weighted by Crippen LogP contribution is 2.23. The topological polar surface area (TPSA) is 92.8 Å². The van der Waals surface area contributed by atoms with Crippen LogP contribution in [0, 0.1) is 5.92 Å². The van der Waals surface area contributed by atoms with E-state index in [-0.39, 0.29) is 17.7 Å². The number of aromatic nitrogens is 1. The van der Waals surface area contributed by atoms with Gasteiger partial charge in [-0.25, -0.2) is 4.98 Å². The molecule has 0 aliphatic carbocycles. The molecule has 2 N–H and O–H groups in total. The van der Waals surface area contributed by atoms with Gasteiger partial charge in [-0.3, -0.25) is 9.59 Å². The molecule has 0 radical (unpaired) electrons. The molecular formula is C23H30N4O4. The lowest BCUT2D eigenvalue weighted by Crippen LogP contribution is -2.47. The first-order chi connectivity index (χ1) is 14.9. The van der Waals surface area contributed by atoms with E-state index in [4.69, 9.17) is 9.47 Å². The number of methoxy groups -OCH3 is 2. The molecule has 1 atom stereocenters. The Morgan fingerprint density at radius 2 is 1.68 bits per heavy atom. The van der Waals surface area contributed by atoms with Crippen LogP contribution in [0.5, 0.6) is 11.5 Å². The van der Waals surface area contributed by atoms with Gasteiger partial charge in [-0.1, -0.05) is 13.8 Å². The number of carbonyl (C=O) groups is 2. The second-order valence-corrected chi connectivity index (χ2v) is 7.88. The summed E-state index contributed by atoms with van der Waals surface area (Å²) < 4.78 is 10.4. The van der Waals surface area contributed by atoms with Crippen LogP contribution in [-0.4, -0.2) is 50.1 Å². The van der Waals surface area contributed by atoms with Gasteiger partial charge in [0, 0.05) is 24.7 Å². The number of anilines is 2. The van der Waals surface area contributed by atoms with E-state index >= 15 is 0 Å². The lowest BCUT2D eigenvalue weighted by Gasteiger charge is -2.22. The summed E-state index contributed by atoms with van der Waals surface area (Å²) >= 11 is 0. The highest BCUT2D eigenvalue weighted by Gasteiger charge is 2.25. The Morgan fingerprint density at radius 3 is 2.19 bits per heavy atom. The molecule has 2 amide bonds. The van der Waals surface area contributed by atoms with Gasteiger partial charge in [0.1, 0.15) is 23.4 Å². The highest BCUT2D eigenvalue weighted by molar-refractivity contribution is 6.01. The van der Waals surface area contributed by atoms with Gasteiger partial charge in [-0.05, 0) is 43.0 Å². The van der Waals surface area contributed by atoms with Crippen LogP contribution >= 0.6 is 0 Å². The first-order valence-electron chi connectivity index (χ1n) is 10.5. The third-order valence-corrected chi connectivity index (χ3v) is 5.29. The summed E-state index contributed by atoms with van der Waals surface area (Å²) in [6, 6.07) is 7.92. The zero-order chi connectivity index (χ0) is 22.4. The Kier molecular flexibility index (Phi) is 7.33. The number of hydrogen-bond donors (Lipinski definition) is 2. The van der Waals surface area contributed by atoms with Gasteiger partial charge >= 0.3 is 0 Å². The Labute approximate surface area is 182 Å². The van der Waals surface area contributed by atoms with Crippen molar-refractivity contribution in [2.45, 2.75) is 32.7 Å². The zero-order valence-corrected chi connectivity index (χ0v) is 18.5. The fourth-order valence-electron chi connectivity index (χ4n) is 3.51. The predicted molar refractivity (Wildman–Crippen MR) is 120 cm³/mol. The minimum Gasteiger partial charge on any atom is -0.497 e. The third kappa shape index (κ3) is 5.65. The fraction of sp³-hybridized carbons (Fsp3) is 0.435. The second-order valence-electron chi connectivity index (χ2n) is 7.88. The lowest BCUT2D eigenvalue weighted by molar-refractivity contribution is -0.118. The Hall–Kier alpha value is -3.29. The fourth-order valence-corrected chi connectivity index (χ4v) is 3.51. The van der Waals surface area contributed by atoms with E-state index in [1.165, 1.54) is 27.1 Å². The van der Waals surface area contributed by atoms with Gasteiger partial charge < -0.3 is 25.0 Å². The van der Waals surface area contributed by atoms with E-state index in [9.17, 15) is 9.59 Å². The molecule has 0 bridgehead atoms. The van der Waals surface area contributed by atoms with Crippen LogP contribution in [0.3, 0.4) is 0 Å². The minimum absolute atomic E-state index is 0.117. The molecule has 0 spiro atoms. The minimum atomic E-state index is -0.719. The monoisotopic (exact) mass is 426 g/mol. The maximum Gasteiger partial charge on any atom is 0.252 e. The number of rotatable bonds is 8. The van der Waals surface area contributed by atoms with Gasteiger partial charge in [0.2, 0.25) is 5.91 Å². The summed E-state index contributed by atoms with van der Waals surface area (Å²) in [5.41, 5.74) is 0.946. The average molecular weight is 427 g/mol. The lowest BCUT2D eigenvalue weighted by atomic mass is 10.0. The number of carbonyl (C=O) groups excluding carboxylic acids is 2. The average Bonchev–Trinajstić information content (AvgIpc) is 3.32. The summed E-state index contributed by atoms with van der Waals surface area (Å²) in [4.78, 5) is 32.4. The summed E-state index contributed by atoms with van der Waals surface area (Å²) in [6.45, 7) is 5.78. The van der Waals surface area contributed by atoms with Crippen molar-refractivity contribution >= 4 is 23.3 Å². The summed E-state index contributed by atoms with van der Waals surface area (Å²) in [6.07, 6.45) is 4.00. The van der Waals surface area contributed by atoms with Crippen LogP contribution in [-0.2, 0) is 4.79 Å². The van der Waals surface area contributed by atoms with E-state index < -0.39 is 6.04 Å². The van der Waals surface area contributed by atoms with Crippen LogP contribution in [0.2, 0.25) is 0 Å². The Morgan fingerprint density at radius 1 is 1.03 bits per heavy atom. The van der Waals surface area contributed by atoms with Gasteiger partial charge in [0.25, 0.3) is 5.91 Å². The van der Waals surface area contributed by atoms with Crippen molar-refractivity contribution in [1.82, 2.24) is 10.3 Å². The number of hydrogen-bond acceptors (Lipinski definition) is 6. The molecule has 1 aliphatic heterocycles. The number of ether oxygens (including phenoxy) is 2. The van der Waals surface area contributed by atoms with Crippen molar-refractivity contribution in [3.63, 3.8) is 0 Å². The molecule has 1 aliphatic rings. The van der Waals surface area contributed by atoms with Gasteiger partial charge in [0.15, 0.2) is 0 Å². The zero-order valence-electron chi connectivity index (χ0n) is 18.5. The van der Waals surface area contributed by atoms with Crippen molar-refractivity contribution in [3.8, 4) is 11.5 Å². The highest BCUT2D eigenvalue weighted by atomic mass is 16.5. The van der Waals surface area contributed by atoms with Crippen molar-refractivity contribution in [1.29, 1.82) is 0 Å². The largest absolute Gasteiger partial charge is 0.497 e. The van der Waals surface area contributed by atoms with E-state index in [0.717, 1.165) is 18.9 Å². The van der Waals surface area contributed by atoms with Crippen LogP contribution in [0.1, 0.15) is 37.0 Å². The van der Waals surface area contributed by atoms with E-state index in [1.807, 2.05) is 26.0 Å². The molecule has 2 aromatic rings. The maximum atomic E-state index is 12.9. The van der Waals surface area contributed by atoms with Crippen LogP contribution in [0.4, 0.5) is 11.5 Å². The number of pyridine rings is 1. The van der Waals surface area contributed by atoms with Gasteiger partial charge in [-0.2, -0.15) is 0 Å². The van der Waals surface area contributed by atoms with E-state index in [1.54, 1.807) is 24.4 Å². The molecule has 3 rings (SSSR count). The molecule has 166 valence electrons. The molecule has 31 heavy (non-hydrogen) atoms. The third-order valence-electron chi connectivity index (χ3n) is 5.29. The smallest absolute Gasteiger partial charge is 0.252 e. The Balaban J connectivity index is 1.68. The van der Waals surface area contributed by atoms with Crippen LogP contribution in [0.15, 0.2) is 36.5 Å². The molecule has 8 nitrogen and oxygen atoms in total. The first kappa shape index (κ1) is 22.4. The summed E-state index contributed by atoms with van der Waals surface area (Å²) in [5.74, 6) is 1.12. The second kappa shape index (κ2) is 10.1. The molecule has 2 heterocycles. The maximum absolute atomic E-state index is 12.9. The summed E-state index contributed by atoms with van der Waals surface area (Å²) in [5, 5.41) is 5.68. The number of benzene rings is 1. The van der Waals surface area contributed by atoms with Crippen molar-refractivity contribution < 1.29 is 19.1 Å². The normalized spacial score (nSPS) is 14.3. The number of nitrogens with zero attached hydrogens (tertiary/aromatic N) is 2. The summed E-state index contributed by atoms with van der Waals surface area (Å²) in [7, 11) is 3.04. The standard InChI is InChI=1S/C23H30N4O4/c1-15(2)21(26-22(28)16-11-18(30-3)13-19(12-16)31-4)23(29)25-17-7-8-20(24-14-17)27-9-5-6-10-27/h7-8,11-15,21H,5-6,9-10H2,1-4H3,(H,25,29)(H,26,28). The first-order valence-corrected chi connectivity index (χ1v) is 10.5. The molecule has 1 aromatic heterocycles. The predicted octanol–water partition coefficient (Wildman–Crippen LogP) is 3.09. The molecule has 0 saturated carbocycles. The molecule has 8 heteroatoms. The molecule has 1 fully saturated rings. The number of nitrogens with one attached hydrogen (secondary N) is 2. The van der Waals surface area contributed by atoms with Crippen LogP contribution < -0.4 is 25.0 Å². The van der Waals surface area contributed by atoms with E-state index in [0.29, 0.717) is 22.7 Å². The SMILES string of the molecule is COc1cc(OC)cc(C(=O)NC(C(=O)Nc2ccc(N3CCCC3)nc2)C(C)C)c1. The van der Waals surface area contributed by atoms with Crippen molar-refractivity contribution in [3.05, 3.63) is 42.1 Å². The van der Waals surface area contributed by atoms with E-state index in [2.05, 4.69) is 20.5 Å². The molecule has 1 saturated heterocycles. The molecule has 1 aromatic carbocycles. The van der Waals surface area contributed by atoms with Gasteiger partial charge in [-0.15, -0.1) is 0 Å². The number of amides is 2. The molecular weight excluding hydrogens is 396 g/mol. The van der Waals surface area contributed by atoms with Crippen molar-refractivity contribution in [2.75, 3.05) is 37.5 Å². The van der Waals surface area contributed by atoms with Crippen LogP contribution in [0.25, 0.3) is 0 Å². The molecule has 1 unspecified atom stereocenters. The van der Waals surface area contributed by atoms with Gasteiger partial charge in [0.05, 0.1) is 26.1 Å². The Bertz CT molecular complexity index is 886. The quantitative estimate of drug-likeness (QED) is 0.674. The van der Waals surface area contributed by atoms with Crippen molar-refractivity contribution in [2.24, 2.45) is 5.92 Å².